The molecule has 7 nitrogen and oxygen atoms in total. The number of carbonyl (C=O) groups excluding carboxylic acids is 2. The zero-order valence-corrected chi connectivity index (χ0v) is 15.1. The molecule has 1 saturated heterocycles. The third kappa shape index (κ3) is 3.89. The summed E-state index contributed by atoms with van der Waals surface area (Å²) in [4.78, 5) is 24.6. The van der Waals surface area contributed by atoms with Gasteiger partial charge < -0.3 is 5.32 Å². The molecule has 134 valence electrons. The van der Waals surface area contributed by atoms with E-state index in [1.165, 1.54) is 5.01 Å². The highest BCUT2D eigenvalue weighted by Gasteiger charge is 2.37. The van der Waals surface area contributed by atoms with Gasteiger partial charge in [0.15, 0.2) is 9.84 Å². The second kappa shape index (κ2) is 6.59. The fourth-order valence-corrected chi connectivity index (χ4v) is 4.83. The maximum absolute atomic E-state index is 12.5. The lowest BCUT2D eigenvalue weighted by molar-refractivity contribution is -0.133. The number of rotatable bonds is 3. The Balaban J connectivity index is 1.77. The van der Waals surface area contributed by atoms with Crippen LogP contribution in [-0.2, 0) is 19.4 Å². The predicted octanol–water partition coefficient (Wildman–Crippen LogP) is 1.41. The maximum atomic E-state index is 12.5. The fraction of sp³-hybridized carbons (Fsp3) is 0.471. The minimum Gasteiger partial charge on any atom is -0.321 e. The zero-order chi connectivity index (χ0) is 18.2. The van der Waals surface area contributed by atoms with E-state index in [-0.39, 0.29) is 41.9 Å². The van der Waals surface area contributed by atoms with Crippen molar-refractivity contribution >= 4 is 33.1 Å². The topological polar surface area (TPSA) is 95.9 Å². The van der Waals surface area contributed by atoms with E-state index in [1.807, 2.05) is 32.0 Å². The van der Waals surface area contributed by atoms with Crippen molar-refractivity contribution in [2.45, 2.75) is 39.2 Å². The Kier molecular flexibility index (Phi) is 4.64. The average Bonchev–Trinajstić information content (AvgIpc) is 2.90. The van der Waals surface area contributed by atoms with Crippen molar-refractivity contribution in [3.63, 3.8) is 0 Å². The van der Waals surface area contributed by atoms with Crippen LogP contribution in [0.5, 0.6) is 0 Å². The predicted molar refractivity (Wildman–Crippen MR) is 95.1 cm³/mol. The number of benzene rings is 1. The lowest BCUT2D eigenvalue weighted by Crippen LogP contribution is -2.42. The quantitative estimate of drug-likeness (QED) is 0.878. The molecule has 8 heteroatoms. The van der Waals surface area contributed by atoms with Gasteiger partial charge in [-0.2, -0.15) is 5.10 Å². The first-order valence-electron chi connectivity index (χ1n) is 8.24. The number of sulfone groups is 1. The van der Waals surface area contributed by atoms with E-state index in [2.05, 4.69) is 10.4 Å². The molecule has 0 spiro atoms. The van der Waals surface area contributed by atoms with E-state index in [4.69, 9.17) is 0 Å². The van der Waals surface area contributed by atoms with Crippen LogP contribution >= 0.6 is 0 Å². The zero-order valence-electron chi connectivity index (χ0n) is 14.3. The molecule has 0 saturated carbocycles. The molecule has 2 heterocycles. The van der Waals surface area contributed by atoms with E-state index in [0.29, 0.717) is 12.1 Å². The first kappa shape index (κ1) is 17.6. The van der Waals surface area contributed by atoms with Crippen LogP contribution in [0.25, 0.3) is 0 Å². The molecule has 2 aliphatic heterocycles. The molecule has 1 fully saturated rings. The SMILES string of the molecule is Cc1ccc(NC(=O)C2=NN([C@@H]3CCS(=O)(=O)C3)C(=O)CC2)c(C)c1. The molecule has 0 bridgehead atoms. The highest BCUT2D eigenvalue weighted by Crippen LogP contribution is 2.23. The summed E-state index contributed by atoms with van der Waals surface area (Å²) in [6, 6.07) is 5.24. The number of nitrogens with zero attached hydrogens (tertiary/aromatic N) is 2. The Morgan fingerprint density at radius 2 is 2.04 bits per heavy atom. The van der Waals surface area contributed by atoms with E-state index in [0.717, 1.165) is 11.1 Å². The Hall–Kier alpha value is -2.22. The van der Waals surface area contributed by atoms with E-state index < -0.39 is 15.9 Å². The Morgan fingerprint density at radius 1 is 1.28 bits per heavy atom. The molecular formula is C17H21N3O4S. The minimum atomic E-state index is -3.13. The second-order valence-corrected chi connectivity index (χ2v) is 8.84. The number of nitrogens with one attached hydrogen (secondary N) is 1. The molecule has 0 radical (unpaired) electrons. The normalized spacial score (nSPS) is 22.6. The highest BCUT2D eigenvalue weighted by molar-refractivity contribution is 7.91. The number of amides is 2. The average molecular weight is 363 g/mol. The lowest BCUT2D eigenvalue weighted by atomic mass is 10.1. The number of hydrazone groups is 1. The molecule has 0 aliphatic carbocycles. The Bertz CT molecular complexity index is 861. The molecule has 1 atom stereocenters. The van der Waals surface area contributed by atoms with Crippen molar-refractivity contribution in [2.75, 3.05) is 16.8 Å². The molecule has 3 rings (SSSR count). The first-order valence-corrected chi connectivity index (χ1v) is 10.1. The highest BCUT2D eigenvalue weighted by atomic mass is 32.2. The van der Waals surface area contributed by atoms with Crippen LogP contribution in [0, 0.1) is 13.8 Å². The van der Waals surface area contributed by atoms with Crippen LogP contribution < -0.4 is 5.32 Å². The first-order chi connectivity index (χ1) is 11.7. The van der Waals surface area contributed by atoms with Gasteiger partial charge in [-0.05, 0) is 31.9 Å². The van der Waals surface area contributed by atoms with Gasteiger partial charge in [-0.25, -0.2) is 13.4 Å². The molecule has 0 aromatic heterocycles. The van der Waals surface area contributed by atoms with Crippen molar-refractivity contribution in [1.82, 2.24) is 5.01 Å². The largest absolute Gasteiger partial charge is 0.321 e. The number of hydrogen-bond donors (Lipinski definition) is 1. The summed E-state index contributed by atoms with van der Waals surface area (Å²) >= 11 is 0. The third-order valence-corrected chi connectivity index (χ3v) is 6.26. The molecule has 0 unspecified atom stereocenters. The number of aryl methyl sites for hydroxylation is 2. The van der Waals surface area contributed by atoms with Gasteiger partial charge in [-0.3, -0.25) is 9.59 Å². The van der Waals surface area contributed by atoms with Crippen molar-refractivity contribution in [3.8, 4) is 0 Å². The van der Waals surface area contributed by atoms with Crippen LogP contribution in [0.3, 0.4) is 0 Å². The van der Waals surface area contributed by atoms with Gasteiger partial charge in [0.1, 0.15) is 5.71 Å². The minimum absolute atomic E-state index is 0.0566. The van der Waals surface area contributed by atoms with Crippen LogP contribution in [0.4, 0.5) is 5.69 Å². The van der Waals surface area contributed by atoms with Crippen molar-refractivity contribution in [3.05, 3.63) is 29.3 Å². The third-order valence-electron chi connectivity index (χ3n) is 4.51. The van der Waals surface area contributed by atoms with Crippen LogP contribution in [0.1, 0.15) is 30.4 Å². The van der Waals surface area contributed by atoms with Crippen LogP contribution in [0.15, 0.2) is 23.3 Å². The van der Waals surface area contributed by atoms with Crippen molar-refractivity contribution in [1.29, 1.82) is 0 Å². The van der Waals surface area contributed by atoms with Gasteiger partial charge in [0.2, 0.25) is 5.91 Å². The second-order valence-electron chi connectivity index (χ2n) is 6.61. The van der Waals surface area contributed by atoms with E-state index in [9.17, 15) is 18.0 Å². The number of carbonyl (C=O) groups is 2. The Labute approximate surface area is 147 Å². The van der Waals surface area contributed by atoms with E-state index >= 15 is 0 Å². The summed E-state index contributed by atoms with van der Waals surface area (Å²) in [5.74, 6) is -0.620. The molecule has 2 amide bonds. The summed E-state index contributed by atoms with van der Waals surface area (Å²) in [6.07, 6.45) is 0.783. The van der Waals surface area contributed by atoms with Gasteiger partial charge in [0.25, 0.3) is 5.91 Å². The van der Waals surface area contributed by atoms with Crippen molar-refractivity contribution < 1.29 is 18.0 Å². The smallest absolute Gasteiger partial charge is 0.271 e. The van der Waals surface area contributed by atoms with Gasteiger partial charge in [-0.1, -0.05) is 17.7 Å². The molecule has 1 aromatic carbocycles. The van der Waals surface area contributed by atoms with E-state index in [1.54, 1.807) is 0 Å². The number of hydrogen-bond acceptors (Lipinski definition) is 5. The lowest BCUT2D eigenvalue weighted by Gasteiger charge is -2.27. The summed E-state index contributed by atoms with van der Waals surface area (Å²) in [5.41, 5.74) is 3.00. The van der Waals surface area contributed by atoms with Gasteiger partial charge in [-0.15, -0.1) is 0 Å². The summed E-state index contributed by atoms with van der Waals surface area (Å²) < 4.78 is 23.3. The molecular weight excluding hydrogens is 342 g/mol. The number of anilines is 1. The monoisotopic (exact) mass is 363 g/mol. The van der Waals surface area contributed by atoms with Crippen LogP contribution in [0.2, 0.25) is 0 Å². The maximum Gasteiger partial charge on any atom is 0.271 e. The molecule has 2 aliphatic rings. The fourth-order valence-electron chi connectivity index (χ4n) is 3.14. The Morgan fingerprint density at radius 3 is 2.68 bits per heavy atom. The summed E-state index contributed by atoms with van der Waals surface area (Å²) in [5, 5.41) is 8.20. The standard InChI is InChI=1S/C17H21N3O4S/c1-11-3-4-14(12(2)9-11)18-17(22)15-5-6-16(21)20(19-15)13-7-8-25(23,24)10-13/h3-4,9,13H,5-8,10H2,1-2H3,(H,18,22)/t13-/m1/s1. The van der Waals surface area contributed by atoms with Gasteiger partial charge >= 0.3 is 0 Å². The summed E-state index contributed by atoms with van der Waals surface area (Å²) in [7, 11) is -3.13. The van der Waals surface area contributed by atoms with Gasteiger partial charge in [0, 0.05) is 18.5 Å². The van der Waals surface area contributed by atoms with Crippen LogP contribution in [-0.4, -0.2) is 48.5 Å². The molecule has 25 heavy (non-hydrogen) atoms. The summed E-state index contributed by atoms with van der Waals surface area (Å²) in [6.45, 7) is 3.88. The molecule has 1 aromatic rings. The van der Waals surface area contributed by atoms with Crippen molar-refractivity contribution in [2.24, 2.45) is 5.10 Å². The molecule has 1 N–H and O–H groups in total. The van der Waals surface area contributed by atoms with Gasteiger partial charge in [0.05, 0.1) is 17.5 Å².